The quantitative estimate of drug-likeness (QED) is 0.914. The standard InChI is InChI=1S/C16H13N5O2/c17-7-11-1-3-13(4-2-11)20-15(22)12-9-21(10-12)16(23)14-8-18-5-6-19-14/h1-6,8,12H,9-10H2,(H,20,22). The van der Waals surface area contributed by atoms with Crippen LogP contribution in [-0.2, 0) is 4.79 Å². The number of hydrogen-bond donors (Lipinski definition) is 1. The van der Waals surface area contributed by atoms with Crippen LogP contribution < -0.4 is 5.32 Å². The van der Waals surface area contributed by atoms with E-state index in [4.69, 9.17) is 5.26 Å². The molecule has 1 aliphatic rings. The summed E-state index contributed by atoms with van der Waals surface area (Å²) >= 11 is 0. The molecule has 1 N–H and O–H groups in total. The van der Waals surface area contributed by atoms with Gasteiger partial charge in [0.2, 0.25) is 5.91 Å². The van der Waals surface area contributed by atoms with Crippen molar-refractivity contribution in [2.75, 3.05) is 18.4 Å². The maximum absolute atomic E-state index is 12.1. The van der Waals surface area contributed by atoms with E-state index in [-0.39, 0.29) is 23.4 Å². The zero-order valence-corrected chi connectivity index (χ0v) is 12.1. The minimum absolute atomic E-state index is 0.141. The number of nitrogens with zero attached hydrogens (tertiary/aromatic N) is 4. The molecule has 23 heavy (non-hydrogen) atoms. The molecule has 3 rings (SSSR count). The third-order valence-electron chi connectivity index (χ3n) is 3.60. The van der Waals surface area contributed by atoms with Gasteiger partial charge in [0.25, 0.3) is 5.91 Å². The van der Waals surface area contributed by atoms with Gasteiger partial charge >= 0.3 is 0 Å². The average Bonchev–Trinajstić information content (AvgIpc) is 2.55. The van der Waals surface area contributed by atoms with Crippen LogP contribution in [0.1, 0.15) is 16.1 Å². The fourth-order valence-corrected chi connectivity index (χ4v) is 2.25. The number of anilines is 1. The number of nitrogens with one attached hydrogen (secondary N) is 1. The van der Waals surface area contributed by atoms with E-state index in [0.29, 0.717) is 24.3 Å². The Bertz CT molecular complexity index is 761. The van der Waals surface area contributed by atoms with E-state index in [1.807, 2.05) is 6.07 Å². The van der Waals surface area contributed by atoms with Crippen LogP contribution in [0, 0.1) is 17.2 Å². The van der Waals surface area contributed by atoms with E-state index >= 15 is 0 Å². The van der Waals surface area contributed by atoms with Gasteiger partial charge < -0.3 is 10.2 Å². The van der Waals surface area contributed by atoms with Crippen LogP contribution >= 0.6 is 0 Å². The lowest BCUT2D eigenvalue weighted by Gasteiger charge is -2.37. The molecule has 0 radical (unpaired) electrons. The molecule has 1 fully saturated rings. The van der Waals surface area contributed by atoms with Crippen molar-refractivity contribution >= 4 is 17.5 Å². The topological polar surface area (TPSA) is 99.0 Å². The lowest BCUT2D eigenvalue weighted by atomic mass is 9.98. The number of aromatic nitrogens is 2. The van der Waals surface area contributed by atoms with Crippen molar-refractivity contribution in [1.29, 1.82) is 5.26 Å². The largest absolute Gasteiger partial charge is 0.336 e. The third-order valence-corrected chi connectivity index (χ3v) is 3.60. The molecule has 2 aromatic rings. The van der Waals surface area contributed by atoms with Crippen LogP contribution in [0.5, 0.6) is 0 Å². The molecule has 2 amide bonds. The SMILES string of the molecule is N#Cc1ccc(NC(=O)C2CN(C(=O)c3cnccn3)C2)cc1. The monoisotopic (exact) mass is 307 g/mol. The molecule has 114 valence electrons. The molecule has 2 heterocycles. The van der Waals surface area contributed by atoms with Crippen molar-refractivity contribution in [3.8, 4) is 6.07 Å². The van der Waals surface area contributed by atoms with Gasteiger partial charge in [0.15, 0.2) is 0 Å². The maximum Gasteiger partial charge on any atom is 0.274 e. The predicted molar refractivity (Wildman–Crippen MR) is 81.2 cm³/mol. The summed E-state index contributed by atoms with van der Waals surface area (Å²) in [5.74, 6) is -0.607. The van der Waals surface area contributed by atoms with Gasteiger partial charge in [-0.3, -0.25) is 14.6 Å². The van der Waals surface area contributed by atoms with Crippen molar-refractivity contribution in [2.45, 2.75) is 0 Å². The maximum atomic E-state index is 12.1. The first kappa shape index (κ1) is 14.7. The second kappa shape index (κ2) is 6.23. The van der Waals surface area contributed by atoms with Crippen LogP contribution in [0.2, 0.25) is 0 Å². The van der Waals surface area contributed by atoms with Gasteiger partial charge in [-0.15, -0.1) is 0 Å². The summed E-state index contributed by atoms with van der Waals surface area (Å²) in [4.78, 5) is 33.6. The molecule has 1 aliphatic heterocycles. The van der Waals surface area contributed by atoms with Crippen molar-refractivity contribution in [3.63, 3.8) is 0 Å². The number of carbonyl (C=O) groups excluding carboxylic acids is 2. The number of amides is 2. The van der Waals surface area contributed by atoms with E-state index in [9.17, 15) is 9.59 Å². The lowest BCUT2D eigenvalue weighted by Crippen LogP contribution is -2.54. The number of likely N-dealkylation sites (tertiary alicyclic amines) is 1. The van der Waals surface area contributed by atoms with Crippen molar-refractivity contribution in [1.82, 2.24) is 14.9 Å². The summed E-state index contributed by atoms with van der Waals surface area (Å²) in [6.07, 6.45) is 4.37. The summed E-state index contributed by atoms with van der Waals surface area (Å²) < 4.78 is 0. The molecule has 1 aromatic heterocycles. The fourth-order valence-electron chi connectivity index (χ4n) is 2.25. The Morgan fingerprint density at radius 1 is 1.22 bits per heavy atom. The summed E-state index contributed by atoms with van der Waals surface area (Å²) in [5.41, 5.74) is 1.44. The molecule has 1 aromatic carbocycles. The summed E-state index contributed by atoms with van der Waals surface area (Å²) in [5, 5.41) is 11.5. The molecular formula is C16H13N5O2. The molecule has 7 heteroatoms. The summed E-state index contributed by atoms with van der Waals surface area (Å²) in [6.45, 7) is 0.717. The molecule has 7 nitrogen and oxygen atoms in total. The molecule has 1 saturated heterocycles. The summed E-state index contributed by atoms with van der Waals surface area (Å²) in [7, 11) is 0. The minimum Gasteiger partial charge on any atom is -0.336 e. The van der Waals surface area contributed by atoms with E-state index < -0.39 is 0 Å². The van der Waals surface area contributed by atoms with E-state index in [2.05, 4.69) is 15.3 Å². The number of benzene rings is 1. The average molecular weight is 307 g/mol. The van der Waals surface area contributed by atoms with Crippen LogP contribution in [0.25, 0.3) is 0 Å². The van der Waals surface area contributed by atoms with Gasteiger partial charge in [-0.2, -0.15) is 5.26 Å². The van der Waals surface area contributed by atoms with Gasteiger partial charge in [0.1, 0.15) is 5.69 Å². The van der Waals surface area contributed by atoms with Gasteiger partial charge in [0.05, 0.1) is 23.7 Å². The molecule has 0 saturated carbocycles. The Labute approximate surface area is 132 Å². The number of nitriles is 1. The Kier molecular flexibility index (Phi) is 3.97. The van der Waals surface area contributed by atoms with Gasteiger partial charge in [0, 0.05) is 31.2 Å². The minimum atomic E-state index is -0.244. The van der Waals surface area contributed by atoms with E-state index in [1.165, 1.54) is 18.6 Å². The Morgan fingerprint density at radius 3 is 2.57 bits per heavy atom. The number of carbonyl (C=O) groups is 2. The first-order valence-corrected chi connectivity index (χ1v) is 7.03. The second-order valence-corrected chi connectivity index (χ2v) is 5.18. The van der Waals surface area contributed by atoms with Crippen molar-refractivity contribution < 1.29 is 9.59 Å². The fraction of sp³-hybridized carbons (Fsp3) is 0.188. The lowest BCUT2D eigenvalue weighted by molar-refractivity contribution is -0.123. The van der Waals surface area contributed by atoms with Crippen LogP contribution in [0.4, 0.5) is 5.69 Å². The highest BCUT2D eigenvalue weighted by atomic mass is 16.2. The summed E-state index contributed by atoms with van der Waals surface area (Å²) in [6, 6.07) is 8.65. The highest BCUT2D eigenvalue weighted by Gasteiger charge is 2.36. The first-order chi connectivity index (χ1) is 11.2. The first-order valence-electron chi connectivity index (χ1n) is 7.03. The zero-order chi connectivity index (χ0) is 16.2. The molecule has 0 spiro atoms. The highest BCUT2D eigenvalue weighted by Crippen LogP contribution is 2.20. The van der Waals surface area contributed by atoms with Crippen LogP contribution in [0.3, 0.4) is 0 Å². The predicted octanol–water partition coefficient (Wildman–Crippen LogP) is 1.06. The van der Waals surface area contributed by atoms with Gasteiger partial charge in [-0.25, -0.2) is 4.98 Å². The second-order valence-electron chi connectivity index (χ2n) is 5.18. The number of hydrogen-bond acceptors (Lipinski definition) is 5. The zero-order valence-electron chi connectivity index (χ0n) is 12.1. The highest BCUT2D eigenvalue weighted by molar-refractivity contribution is 5.97. The Morgan fingerprint density at radius 2 is 1.96 bits per heavy atom. The number of rotatable bonds is 3. The molecule has 0 aliphatic carbocycles. The Hall–Kier alpha value is -3.27. The van der Waals surface area contributed by atoms with E-state index in [1.54, 1.807) is 29.2 Å². The van der Waals surface area contributed by atoms with E-state index in [0.717, 1.165) is 0 Å². The molecular weight excluding hydrogens is 294 g/mol. The smallest absolute Gasteiger partial charge is 0.274 e. The third kappa shape index (κ3) is 3.16. The molecule has 0 bridgehead atoms. The van der Waals surface area contributed by atoms with Crippen molar-refractivity contribution in [2.24, 2.45) is 5.92 Å². The van der Waals surface area contributed by atoms with Crippen molar-refractivity contribution in [3.05, 3.63) is 54.1 Å². The molecule has 0 atom stereocenters. The normalized spacial score (nSPS) is 13.8. The van der Waals surface area contributed by atoms with Gasteiger partial charge in [-0.1, -0.05) is 0 Å². The Balaban J connectivity index is 1.53. The van der Waals surface area contributed by atoms with Gasteiger partial charge in [-0.05, 0) is 24.3 Å². The molecule has 0 unspecified atom stereocenters. The van der Waals surface area contributed by atoms with Crippen LogP contribution in [-0.4, -0.2) is 39.8 Å². The van der Waals surface area contributed by atoms with Crippen LogP contribution in [0.15, 0.2) is 42.9 Å².